The van der Waals surface area contributed by atoms with Crippen molar-refractivity contribution in [3.63, 3.8) is 0 Å². The van der Waals surface area contributed by atoms with Crippen LogP contribution in [0.25, 0.3) is 10.9 Å². The number of methoxy groups -OCH3 is 1. The number of aromatic nitrogens is 4. The molecule has 1 aliphatic carbocycles. The second-order valence-corrected chi connectivity index (χ2v) is 9.02. The molecule has 5 rings (SSSR count). The second-order valence-electron chi connectivity index (χ2n) is 7.72. The van der Waals surface area contributed by atoms with Crippen LogP contribution in [0.1, 0.15) is 43.7 Å². The zero-order valence-electron chi connectivity index (χ0n) is 16.5. The molecule has 29 heavy (non-hydrogen) atoms. The van der Waals surface area contributed by atoms with E-state index < -0.39 is 0 Å². The van der Waals surface area contributed by atoms with Gasteiger partial charge in [-0.05, 0) is 50.3 Å². The summed E-state index contributed by atoms with van der Waals surface area (Å²) in [4.78, 5) is 6.97. The van der Waals surface area contributed by atoms with Gasteiger partial charge in [-0.3, -0.25) is 4.57 Å². The van der Waals surface area contributed by atoms with Crippen molar-refractivity contribution in [1.82, 2.24) is 19.7 Å². The van der Waals surface area contributed by atoms with Crippen molar-refractivity contribution in [3.8, 4) is 5.75 Å². The molecule has 2 aliphatic rings. The third kappa shape index (κ3) is 3.90. The fourth-order valence-corrected chi connectivity index (χ4v) is 5.13. The summed E-state index contributed by atoms with van der Waals surface area (Å²) in [6, 6.07) is 8.53. The number of pyridine rings is 1. The Balaban J connectivity index is 1.38. The summed E-state index contributed by atoms with van der Waals surface area (Å²) in [6.07, 6.45) is 6.22. The summed E-state index contributed by atoms with van der Waals surface area (Å²) < 4.78 is 7.63. The van der Waals surface area contributed by atoms with Gasteiger partial charge in [0.15, 0.2) is 5.16 Å². The van der Waals surface area contributed by atoms with Gasteiger partial charge in [-0.1, -0.05) is 23.4 Å². The lowest BCUT2D eigenvalue weighted by atomic mass is 10.1. The third-order valence-corrected chi connectivity index (χ3v) is 6.92. The Labute approximate surface area is 179 Å². The van der Waals surface area contributed by atoms with Crippen LogP contribution in [0.5, 0.6) is 5.75 Å². The summed E-state index contributed by atoms with van der Waals surface area (Å²) in [5.41, 5.74) is 1.86. The van der Waals surface area contributed by atoms with Crippen molar-refractivity contribution in [3.05, 3.63) is 35.0 Å². The van der Waals surface area contributed by atoms with E-state index >= 15 is 0 Å². The van der Waals surface area contributed by atoms with E-state index in [9.17, 15) is 0 Å². The van der Waals surface area contributed by atoms with Crippen molar-refractivity contribution in [2.45, 2.75) is 49.1 Å². The van der Waals surface area contributed by atoms with Crippen molar-refractivity contribution >= 4 is 40.2 Å². The SMILES string of the molecule is COc1ccc2cc(CSc3nnc(N4CCCCC4)n3C3CC3)c(Cl)nc2c1. The van der Waals surface area contributed by atoms with Gasteiger partial charge in [0, 0.05) is 41.9 Å². The minimum absolute atomic E-state index is 0.534. The molecule has 1 aliphatic heterocycles. The van der Waals surface area contributed by atoms with Crippen LogP contribution < -0.4 is 9.64 Å². The molecule has 0 spiro atoms. The zero-order chi connectivity index (χ0) is 19.8. The van der Waals surface area contributed by atoms with E-state index in [1.54, 1.807) is 18.9 Å². The topological polar surface area (TPSA) is 56.1 Å². The fourth-order valence-electron chi connectivity index (χ4n) is 3.87. The average Bonchev–Trinajstić information content (AvgIpc) is 3.51. The van der Waals surface area contributed by atoms with Crippen LogP contribution in [-0.2, 0) is 5.75 Å². The summed E-state index contributed by atoms with van der Waals surface area (Å²) in [5.74, 6) is 2.55. The van der Waals surface area contributed by atoms with Gasteiger partial charge in [-0.15, -0.1) is 10.2 Å². The largest absolute Gasteiger partial charge is 0.497 e. The van der Waals surface area contributed by atoms with Crippen LogP contribution in [0.15, 0.2) is 29.4 Å². The van der Waals surface area contributed by atoms with Crippen molar-refractivity contribution in [2.75, 3.05) is 25.1 Å². The lowest BCUT2D eigenvalue weighted by Crippen LogP contribution is -2.31. The molecular weight excluding hydrogens is 406 g/mol. The second kappa shape index (κ2) is 8.03. The number of ether oxygens (including phenoxy) is 1. The first kappa shape index (κ1) is 19.0. The van der Waals surface area contributed by atoms with E-state index in [0.29, 0.717) is 11.2 Å². The normalized spacial score (nSPS) is 17.1. The Hall–Kier alpha value is -1.99. The predicted molar refractivity (Wildman–Crippen MR) is 117 cm³/mol. The first-order chi connectivity index (χ1) is 14.2. The average molecular weight is 430 g/mol. The van der Waals surface area contributed by atoms with Gasteiger partial charge < -0.3 is 9.64 Å². The minimum Gasteiger partial charge on any atom is -0.497 e. The zero-order valence-corrected chi connectivity index (χ0v) is 18.0. The maximum absolute atomic E-state index is 6.49. The Kier molecular flexibility index (Phi) is 5.26. The number of rotatable bonds is 6. The van der Waals surface area contributed by atoms with Crippen LogP contribution in [0.2, 0.25) is 5.15 Å². The van der Waals surface area contributed by atoms with Gasteiger partial charge in [0.05, 0.1) is 12.6 Å². The van der Waals surface area contributed by atoms with E-state index in [0.717, 1.165) is 52.2 Å². The lowest BCUT2D eigenvalue weighted by molar-refractivity contribution is 0.415. The molecule has 3 heterocycles. The number of anilines is 1. The van der Waals surface area contributed by atoms with Gasteiger partial charge in [0.1, 0.15) is 10.9 Å². The van der Waals surface area contributed by atoms with Gasteiger partial charge in [0.25, 0.3) is 0 Å². The summed E-state index contributed by atoms with van der Waals surface area (Å²) in [6.45, 7) is 2.17. The number of hydrogen-bond donors (Lipinski definition) is 0. The molecule has 0 radical (unpaired) electrons. The number of benzene rings is 1. The highest BCUT2D eigenvalue weighted by Gasteiger charge is 2.32. The van der Waals surface area contributed by atoms with E-state index in [4.69, 9.17) is 16.3 Å². The van der Waals surface area contributed by atoms with Gasteiger partial charge >= 0.3 is 0 Å². The minimum atomic E-state index is 0.534. The van der Waals surface area contributed by atoms with Crippen LogP contribution in [0.3, 0.4) is 0 Å². The fraction of sp³-hybridized carbons (Fsp3) is 0.476. The van der Waals surface area contributed by atoms with E-state index in [1.807, 2.05) is 18.2 Å². The molecule has 0 bridgehead atoms. The molecule has 0 atom stereocenters. The summed E-state index contributed by atoms with van der Waals surface area (Å²) in [5, 5.41) is 11.7. The predicted octanol–water partition coefficient (Wildman–Crippen LogP) is 5.11. The highest BCUT2D eigenvalue weighted by atomic mass is 35.5. The summed E-state index contributed by atoms with van der Waals surface area (Å²) >= 11 is 8.19. The number of nitrogens with zero attached hydrogens (tertiary/aromatic N) is 5. The molecule has 2 fully saturated rings. The Morgan fingerprint density at radius 2 is 1.97 bits per heavy atom. The number of halogens is 1. The maximum Gasteiger partial charge on any atom is 0.228 e. The smallest absolute Gasteiger partial charge is 0.228 e. The quantitative estimate of drug-likeness (QED) is 0.401. The monoisotopic (exact) mass is 429 g/mol. The molecule has 3 aromatic rings. The van der Waals surface area contributed by atoms with Gasteiger partial charge in [0.2, 0.25) is 5.95 Å². The van der Waals surface area contributed by atoms with Gasteiger partial charge in [-0.2, -0.15) is 0 Å². The molecule has 0 amide bonds. The third-order valence-electron chi connectivity index (χ3n) is 5.61. The van der Waals surface area contributed by atoms with Crippen LogP contribution in [0, 0.1) is 0 Å². The van der Waals surface area contributed by atoms with Crippen LogP contribution in [0.4, 0.5) is 5.95 Å². The van der Waals surface area contributed by atoms with Crippen LogP contribution in [-0.4, -0.2) is 39.9 Å². The molecule has 0 N–H and O–H groups in total. The van der Waals surface area contributed by atoms with Crippen molar-refractivity contribution < 1.29 is 4.74 Å². The molecule has 0 unspecified atom stereocenters. The first-order valence-electron chi connectivity index (χ1n) is 10.2. The van der Waals surface area contributed by atoms with Gasteiger partial charge in [-0.25, -0.2) is 4.98 Å². The molecule has 1 aromatic carbocycles. The Morgan fingerprint density at radius 1 is 1.14 bits per heavy atom. The number of fused-ring (bicyclic) bond motifs is 1. The van der Waals surface area contributed by atoms with E-state index in [-0.39, 0.29) is 0 Å². The van der Waals surface area contributed by atoms with E-state index in [2.05, 4.69) is 30.7 Å². The van der Waals surface area contributed by atoms with Crippen molar-refractivity contribution in [1.29, 1.82) is 0 Å². The maximum atomic E-state index is 6.49. The lowest BCUT2D eigenvalue weighted by Gasteiger charge is -2.27. The standard InChI is InChI=1S/C21H24ClN5OS/c1-28-17-8-5-14-11-15(19(22)23-18(14)12-17)13-29-21-25-24-20(27(21)16-6-7-16)26-9-3-2-4-10-26/h5,8,11-12,16H,2-4,6-7,9-10,13H2,1H3. The Morgan fingerprint density at radius 3 is 2.72 bits per heavy atom. The molecule has 2 aromatic heterocycles. The number of hydrogen-bond acceptors (Lipinski definition) is 6. The van der Waals surface area contributed by atoms with E-state index in [1.165, 1.54) is 32.1 Å². The van der Waals surface area contributed by atoms with Crippen molar-refractivity contribution in [2.24, 2.45) is 0 Å². The first-order valence-corrected chi connectivity index (χ1v) is 11.5. The Bertz CT molecular complexity index is 1030. The molecule has 1 saturated heterocycles. The number of thioether (sulfide) groups is 1. The molecular formula is C21H24ClN5OS. The molecule has 1 saturated carbocycles. The molecule has 152 valence electrons. The molecule has 8 heteroatoms. The molecule has 6 nitrogen and oxygen atoms in total. The van der Waals surface area contributed by atoms with Crippen LogP contribution >= 0.6 is 23.4 Å². The summed E-state index contributed by atoms with van der Waals surface area (Å²) in [7, 11) is 1.65. The highest BCUT2D eigenvalue weighted by Crippen LogP contribution is 2.42. The number of piperidine rings is 1. The highest BCUT2D eigenvalue weighted by molar-refractivity contribution is 7.98.